The fourth-order valence-corrected chi connectivity index (χ4v) is 4.03. The highest BCUT2D eigenvalue weighted by atomic mass is 32.1. The summed E-state index contributed by atoms with van der Waals surface area (Å²) >= 11 is 1.56. The van der Waals surface area contributed by atoms with E-state index in [2.05, 4.69) is 42.7 Å². The molecule has 2 heterocycles. The number of esters is 2. The van der Waals surface area contributed by atoms with Crippen molar-refractivity contribution >= 4 is 29.0 Å². The predicted octanol–water partition coefficient (Wildman–Crippen LogP) is 5.23. The SMILES string of the molecule is Cc1ccc(C)c(-c2csc(-c3cccc(NC=C4C(=O)OC(C)(C)OC4=O)c3)n2)c1. The smallest absolute Gasteiger partial charge is 0.350 e. The Hall–Kier alpha value is -3.45. The summed E-state index contributed by atoms with van der Waals surface area (Å²) in [4.78, 5) is 29.0. The van der Waals surface area contributed by atoms with E-state index >= 15 is 0 Å². The minimum atomic E-state index is -1.26. The number of aryl methyl sites for hydroxylation is 2. The monoisotopic (exact) mass is 434 g/mol. The van der Waals surface area contributed by atoms with E-state index in [9.17, 15) is 9.59 Å². The number of aromatic nitrogens is 1. The van der Waals surface area contributed by atoms with Crippen molar-refractivity contribution in [3.05, 3.63) is 70.7 Å². The summed E-state index contributed by atoms with van der Waals surface area (Å²) in [6, 6.07) is 13.9. The molecule has 2 aromatic carbocycles. The first-order valence-electron chi connectivity index (χ1n) is 9.79. The molecule has 4 rings (SSSR count). The number of cyclic esters (lactones) is 2. The van der Waals surface area contributed by atoms with E-state index in [0.717, 1.165) is 21.8 Å². The van der Waals surface area contributed by atoms with Crippen molar-refractivity contribution in [3.8, 4) is 21.8 Å². The Morgan fingerprint density at radius 1 is 1.03 bits per heavy atom. The van der Waals surface area contributed by atoms with E-state index in [4.69, 9.17) is 14.5 Å². The maximum absolute atomic E-state index is 12.1. The molecule has 1 fully saturated rings. The minimum Gasteiger partial charge on any atom is -0.419 e. The number of carbonyl (C=O) groups excluding carboxylic acids is 2. The lowest BCUT2D eigenvalue weighted by Gasteiger charge is -2.29. The van der Waals surface area contributed by atoms with Crippen molar-refractivity contribution < 1.29 is 19.1 Å². The number of nitrogens with one attached hydrogen (secondary N) is 1. The normalized spacial score (nSPS) is 15.3. The summed E-state index contributed by atoms with van der Waals surface area (Å²) in [5, 5.41) is 5.91. The third kappa shape index (κ3) is 4.51. The van der Waals surface area contributed by atoms with Gasteiger partial charge in [0.1, 0.15) is 5.01 Å². The third-order valence-electron chi connectivity index (χ3n) is 4.78. The van der Waals surface area contributed by atoms with E-state index in [-0.39, 0.29) is 5.57 Å². The van der Waals surface area contributed by atoms with Gasteiger partial charge >= 0.3 is 11.9 Å². The van der Waals surface area contributed by atoms with Crippen LogP contribution in [-0.2, 0) is 19.1 Å². The van der Waals surface area contributed by atoms with Crippen LogP contribution in [0.25, 0.3) is 21.8 Å². The zero-order chi connectivity index (χ0) is 22.2. The molecule has 7 heteroatoms. The lowest BCUT2D eigenvalue weighted by molar-refractivity contribution is -0.222. The lowest BCUT2D eigenvalue weighted by Crippen LogP contribution is -2.42. The van der Waals surface area contributed by atoms with Crippen LogP contribution in [0.1, 0.15) is 25.0 Å². The van der Waals surface area contributed by atoms with Crippen molar-refractivity contribution in [1.82, 2.24) is 4.98 Å². The molecule has 3 aromatic rings. The molecule has 0 aliphatic carbocycles. The summed E-state index contributed by atoms with van der Waals surface area (Å²) in [6.45, 7) is 7.17. The summed E-state index contributed by atoms with van der Waals surface area (Å²) in [5.74, 6) is -2.70. The van der Waals surface area contributed by atoms with Gasteiger partial charge in [-0.1, -0.05) is 29.8 Å². The Bertz CT molecular complexity index is 1190. The fourth-order valence-electron chi connectivity index (χ4n) is 3.22. The third-order valence-corrected chi connectivity index (χ3v) is 5.67. The molecule has 0 amide bonds. The Morgan fingerprint density at radius 3 is 2.52 bits per heavy atom. The van der Waals surface area contributed by atoms with Gasteiger partial charge in [-0.15, -0.1) is 11.3 Å². The minimum absolute atomic E-state index is 0.184. The van der Waals surface area contributed by atoms with E-state index in [1.165, 1.54) is 31.2 Å². The van der Waals surface area contributed by atoms with Gasteiger partial charge in [-0.2, -0.15) is 0 Å². The van der Waals surface area contributed by atoms with Crippen LogP contribution in [0.3, 0.4) is 0 Å². The van der Waals surface area contributed by atoms with Crippen LogP contribution in [-0.4, -0.2) is 22.7 Å². The van der Waals surface area contributed by atoms with Crippen molar-refractivity contribution in [1.29, 1.82) is 0 Å². The molecule has 31 heavy (non-hydrogen) atoms. The number of rotatable bonds is 4. The molecule has 0 saturated carbocycles. The lowest BCUT2D eigenvalue weighted by atomic mass is 10.0. The van der Waals surface area contributed by atoms with Gasteiger partial charge in [0.05, 0.1) is 5.69 Å². The van der Waals surface area contributed by atoms with Crippen LogP contribution in [0.4, 0.5) is 5.69 Å². The second kappa shape index (κ2) is 8.00. The highest BCUT2D eigenvalue weighted by Crippen LogP contribution is 2.32. The van der Waals surface area contributed by atoms with Gasteiger partial charge in [0.15, 0.2) is 5.57 Å². The first kappa shape index (κ1) is 20.8. The van der Waals surface area contributed by atoms with Gasteiger partial charge in [-0.3, -0.25) is 0 Å². The first-order valence-corrected chi connectivity index (χ1v) is 10.7. The van der Waals surface area contributed by atoms with Crippen LogP contribution in [0.5, 0.6) is 0 Å². The van der Waals surface area contributed by atoms with Crippen LogP contribution >= 0.6 is 11.3 Å². The maximum Gasteiger partial charge on any atom is 0.350 e. The number of benzene rings is 2. The average molecular weight is 435 g/mol. The van der Waals surface area contributed by atoms with Gasteiger partial charge in [-0.05, 0) is 37.6 Å². The molecule has 1 N–H and O–H groups in total. The molecule has 1 saturated heterocycles. The summed E-state index contributed by atoms with van der Waals surface area (Å²) < 4.78 is 10.2. The molecule has 0 atom stereocenters. The van der Waals surface area contributed by atoms with Gasteiger partial charge in [0, 0.05) is 42.2 Å². The molecule has 0 bridgehead atoms. The fraction of sp³-hybridized carbons (Fsp3) is 0.208. The molecule has 1 aliphatic rings. The number of hydrogen-bond acceptors (Lipinski definition) is 7. The van der Waals surface area contributed by atoms with Gasteiger partial charge in [0.25, 0.3) is 5.79 Å². The topological polar surface area (TPSA) is 77.5 Å². The molecule has 1 aromatic heterocycles. The van der Waals surface area contributed by atoms with E-state index < -0.39 is 17.7 Å². The number of ether oxygens (including phenoxy) is 2. The van der Waals surface area contributed by atoms with Crippen LogP contribution in [0.15, 0.2) is 59.6 Å². The number of thiazole rings is 1. The average Bonchev–Trinajstić information content (AvgIpc) is 3.18. The Balaban J connectivity index is 1.56. The zero-order valence-electron chi connectivity index (χ0n) is 17.7. The molecule has 0 radical (unpaired) electrons. The maximum atomic E-state index is 12.1. The van der Waals surface area contributed by atoms with Crippen LogP contribution in [0.2, 0.25) is 0 Å². The second-order valence-electron chi connectivity index (χ2n) is 7.82. The molecular weight excluding hydrogens is 412 g/mol. The number of carbonyl (C=O) groups is 2. The number of anilines is 1. The molecule has 1 aliphatic heterocycles. The molecule has 6 nitrogen and oxygen atoms in total. The quantitative estimate of drug-likeness (QED) is 0.344. The summed E-state index contributed by atoms with van der Waals surface area (Å²) in [6.07, 6.45) is 1.31. The highest BCUT2D eigenvalue weighted by Gasteiger charge is 2.38. The van der Waals surface area contributed by atoms with Gasteiger partial charge < -0.3 is 14.8 Å². The van der Waals surface area contributed by atoms with Gasteiger partial charge in [-0.25, -0.2) is 14.6 Å². The van der Waals surface area contributed by atoms with Crippen molar-refractivity contribution in [3.63, 3.8) is 0 Å². The second-order valence-corrected chi connectivity index (χ2v) is 8.68. The van der Waals surface area contributed by atoms with Crippen LogP contribution in [0, 0.1) is 13.8 Å². The Labute approximate surface area is 184 Å². The molecular formula is C24H22N2O4S. The Kier molecular flexibility index (Phi) is 5.37. The van der Waals surface area contributed by atoms with E-state index in [1.54, 1.807) is 11.3 Å². The van der Waals surface area contributed by atoms with E-state index in [0.29, 0.717) is 5.69 Å². The molecule has 0 unspecified atom stereocenters. The first-order chi connectivity index (χ1) is 14.7. The standard InChI is InChI=1S/C24H22N2O4S/c1-14-8-9-15(2)18(10-14)20-13-31-21(26-20)16-6-5-7-17(11-16)25-12-19-22(27)29-24(3,4)30-23(19)28/h5-13,25H,1-4H3. The summed E-state index contributed by atoms with van der Waals surface area (Å²) in [5.41, 5.74) is 5.89. The Morgan fingerprint density at radius 2 is 1.77 bits per heavy atom. The predicted molar refractivity (Wildman–Crippen MR) is 120 cm³/mol. The van der Waals surface area contributed by atoms with Crippen LogP contribution < -0.4 is 5.32 Å². The molecule has 158 valence electrons. The van der Waals surface area contributed by atoms with E-state index in [1.807, 2.05) is 24.3 Å². The number of nitrogens with zero attached hydrogens (tertiary/aromatic N) is 1. The molecule has 0 spiro atoms. The van der Waals surface area contributed by atoms with Crippen molar-refractivity contribution in [2.24, 2.45) is 0 Å². The zero-order valence-corrected chi connectivity index (χ0v) is 18.5. The van der Waals surface area contributed by atoms with Crippen molar-refractivity contribution in [2.75, 3.05) is 5.32 Å². The largest absolute Gasteiger partial charge is 0.419 e. The highest BCUT2D eigenvalue weighted by molar-refractivity contribution is 7.13. The van der Waals surface area contributed by atoms with Gasteiger partial charge in [0.2, 0.25) is 0 Å². The number of hydrogen-bond donors (Lipinski definition) is 1. The van der Waals surface area contributed by atoms with Crippen molar-refractivity contribution in [2.45, 2.75) is 33.5 Å². The summed E-state index contributed by atoms with van der Waals surface area (Å²) in [7, 11) is 0.